The summed E-state index contributed by atoms with van der Waals surface area (Å²) in [6.07, 6.45) is 2.99. The number of amides is 1. The summed E-state index contributed by atoms with van der Waals surface area (Å²) in [4.78, 5) is 11.8. The minimum Gasteiger partial charge on any atom is -0.378 e. The number of carbonyl (C=O) groups is 1. The van der Waals surface area contributed by atoms with Gasteiger partial charge in [0.25, 0.3) is 0 Å². The number of carbonyl (C=O) groups excluding carboxylic acids is 1. The van der Waals surface area contributed by atoms with Gasteiger partial charge in [-0.2, -0.15) is 0 Å². The largest absolute Gasteiger partial charge is 0.378 e. The minimum atomic E-state index is -0.213. The maximum atomic E-state index is 11.8. The van der Waals surface area contributed by atoms with Crippen LogP contribution in [0.15, 0.2) is 0 Å². The Bertz CT molecular complexity index is 261. The predicted molar refractivity (Wildman–Crippen MR) is 64.7 cm³/mol. The van der Waals surface area contributed by atoms with Gasteiger partial charge in [0.05, 0.1) is 6.10 Å². The van der Waals surface area contributed by atoms with Crippen molar-refractivity contribution in [1.82, 2.24) is 5.32 Å². The Labute approximate surface area is 103 Å². The first-order chi connectivity index (χ1) is 8.18. The van der Waals surface area contributed by atoms with E-state index in [0.29, 0.717) is 17.9 Å². The second kappa shape index (κ2) is 5.83. The molecule has 2 rings (SSSR count). The number of nitrogens with one attached hydrogen (secondary N) is 1. The minimum absolute atomic E-state index is 0.0527. The molecule has 0 spiro atoms. The average Bonchev–Trinajstić information content (AvgIpc) is 2.96. The van der Waals surface area contributed by atoms with E-state index in [9.17, 15) is 4.79 Å². The second-order valence-electron chi connectivity index (χ2n) is 5.37. The molecule has 0 aromatic rings. The van der Waals surface area contributed by atoms with Gasteiger partial charge in [-0.05, 0) is 25.2 Å². The van der Waals surface area contributed by atoms with Crippen molar-refractivity contribution < 1.29 is 14.3 Å². The van der Waals surface area contributed by atoms with E-state index in [1.807, 2.05) is 0 Å². The highest BCUT2D eigenvalue weighted by Gasteiger charge is 2.32. The second-order valence-corrected chi connectivity index (χ2v) is 5.37. The van der Waals surface area contributed by atoms with Crippen LogP contribution >= 0.6 is 0 Å². The molecule has 0 saturated carbocycles. The molecular formula is C13H23NO3. The SMILES string of the molecule is CC(C)[C@H]1OCC[C@@H]1CNC(=O)[C@H]1CCCO1. The molecule has 2 aliphatic heterocycles. The van der Waals surface area contributed by atoms with Crippen molar-refractivity contribution in [2.45, 2.75) is 45.3 Å². The van der Waals surface area contributed by atoms with Crippen molar-refractivity contribution >= 4 is 5.91 Å². The fourth-order valence-corrected chi connectivity index (χ4v) is 2.74. The summed E-state index contributed by atoms with van der Waals surface area (Å²) in [6.45, 7) is 6.61. The Morgan fingerprint density at radius 2 is 2.12 bits per heavy atom. The monoisotopic (exact) mass is 241 g/mol. The zero-order chi connectivity index (χ0) is 12.3. The fraction of sp³-hybridized carbons (Fsp3) is 0.923. The topological polar surface area (TPSA) is 47.6 Å². The highest BCUT2D eigenvalue weighted by atomic mass is 16.5. The van der Waals surface area contributed by atoms with Crippen LogP contribution in [0.5, 0.6) is 0 Å². The van der Waals surface area contributed by atoms with Crippen LogP contribution in [0.4, 0.5) is 0 Å². The molecule has 0 aliphatic carbocycles. The molecule has 4 nitrogen and oxygen atoms in total. The first kappa shape index (κ1) is 12.8. The Kier molecular flexibility index (Phi) is 4.40. The van der Waals surface area contributed by atoms with Gasteiger partial charge in [0.15, 0.2) is 0 Å². The molecule has 2 heterocycles. The van der Waals surface area contributed by atoms with Gasteiger partial charge < -0.3 is 14.8 Å². The first-order valence-electron chi connectivity index (χ1n) is 6.69. The molecule has 4 heteroatoms. The van der Waals surface area contributed by atoms with Gasteiger partial charge in [-0.3, -0.25) is 4.79 Å². The van der Waals surface area contributed by atoms with Crippen LogP contribution in [0.2, 0.25) is 0 Å². The van der Waals surface area contributed by atoms with E-state index >= 15 is 0 Å². The molecule has 0 aromatic heterocycles. The first-order valence-corrected chi connectivity index (χ1v) is 6.69. The van der Waals surface area contributed by atoms with Crippen LogP contribution in [0, 0.1) is 11.8 Å². The summed E-state index contributed by atoms with van der Waals surface area (Å²) in [6, 6.07) is 0. The number of rotatable bonds is 4. The summed E-state index contributed by atoms with van der Waals surface area (Å²) in [5.74, 6) is 1.03. The van der Waals surface area contributed by atoms with Gasteiger partial charge in [0.1, 0.15) is 6.10 Å². The van der Waals surface area contributed by atoms with Crippen molar-refractivity contribution in [1.29, 1.82) is 0 Å². The lowest BCUT2D eigenvalue weighted by Crippen LogP contribution is -2.39. The van der Waals surface area contributed by atoms with Gasteiger partial charge in [0.2, 0.25) is 5.91 Å². The number of hydrogen-bond donors (Lipinski definition) is 1. The summed E-state index contributed by atoms with van der Waals surface area (Å²) >= 11 is 0. The van der Waals surface area contributed by atoms with Crippen molar-refractivity contribution in [3.63, 3.8) is 0 Å². The van der Waals surface area contributed by atoms with Crippen molar-refractivity contribution in [2.24, 2.45) is 11.8 Å². The lowest BCUT2D eigenvalue weighted by Gasteiger charge is -2.22. The zero-order valence-electron chi connectivity index (χ0n) is 10.8. The van der Waals surface area contributed by atoms with E-state index in [1.165, 1.54) is 0 Å². The van der Waals surface area contributed by atoms with E-state index in [2.05, 4.69) is 19.2 Å². The van der Waals surface area contributed by atoms with Gasteiger partial charge in [-0.1, -0.05) is 13.8 Å². The summed E-state index contributed by atoms with van der Waals surface area (Å²) < 4.78 is 11.1. The summed E-state index contributed by atoms with van der Waals surface area (Å²) in [5.41, 5.74) is 0. The summed E-state index contributed by atoms with van der Waals surface area (Å²) in [7, 11) is 0. The molecule has 98 valence electrons. The van der Waals surface area contributed by atoms with Crippen LogP contribution in [0.1, 0.15) is 33.1 Å². The van der Waals surface area contributed by atoms with Crippen LogP contribution in [-0.2, 0) is 14.3 Å². The third-order valence-corrected chi connectivity index (χ3v) is 3.68. The van der Waals surface area contributed by atoms with Gasteiger partial charge in [-0.15, -0.1) is 0 Å². The molecule has 3 atom stereocenters. The van der Waals surface area contributed by atoms with Crippen molar-refractivity contribution in [3.05, 3.63) is 0 Å². The highest BCUT2D eigenvalue weighted by molar-refractivity contribution is 5.80. The Hall–Kier alpha value is -0.610. The third kappa shape index (κ3) is 3.19. The van der Waals surface area contributed by atoms with E-state index in [-0.39, 0.29) is 12.0 Å². The molecule has 1 amide bonds. The van der Waals surface area contributed by atoms with E-state index in [4.69, 9.17) is 9.47 Å². The average molecular weight is 241 g/mol. The maximum absolute atomic E-state index is 11.8. The molecule has 1 N–H and O–H groups in total. The smallest absolute Gasteiger partial charge is 0.249 e. The molecule has 0 radical (unpaired) electrons. The molecular weight excluding hydrogens is 218 g/mol. The molecule has 2 fully saturated rings. The van der Waals surface area contributed by atoms with E-state index in [0.717, 1.165) is 39.0 Å². The van der Waals surface area contributed by atoms with Crippen LogP contribution in [0.25, 0.3) is 0 Å². The quantitative estimate of drug-likeness (QED) is 0.808. The van der Waals surface area contributed by atoms with Gasteiger partial charge in [-0.25, -0.2) is 0 Å². The zero-order valence-corrected chi connectivity index (χ0v) is 10.8. The molecule has 17 heavy (non-hydrogen) atoms. The highest BCUT2D eigenvalue weighted by Crippen LogP contribution is 2.26. The van der Waals surface area contributed by atoms with E-state index in [1.54, 1.807) is 0 Å². The fourth-order valence-electron chi connectivity index (χ4n) is 2.74. The molecule has 0 unspecified atom stereocenters. The van der Waals surface area contributed by atoms with E-state index < -0.39 is 0 Å². The molecule has 0 aromatic carbocycles. The summed E-state index contributed by atoms with van der Waals surface area (Å²) in [5, 5.41) is 3.01. The molecule has 2 saturated heterocycles. The Morgan fingerprint density at radius 1 is 1.29 bits per heavy atom. The Morgan fingerprint density at radius 3 is 2.76 bits per heavy atom. The van der Waals surface area contributed by atoms with Crippen molar-refractivity contribution in [2.75, 3.05) is 19.8 Å². The van der Waals surface area contributed by atoms with Crippen LogP contribution in [0.3, 0.4) is 0 Å². The van der Waals surface area contributed by atoms with Crippen LogP contribution in [-0.4, -0.2) is 37.9 Å². The Balaban J connectivity index is 1.75. The standard InChI is InChI=1S/C13H23NO3/c1-9(2)12-10(5-7-17-12)8-14-13(15)11-4-3-6-16-11/h9-12H,3-8H2,1-2H3,(H,14,15)/t10-,11-,12-/m1/s1. The van der Waals surface area contributed by atoms with Gasteiger partial charge in [0, 0.05) is 25.7 Å². The van der Waals surface area contributed by atoms with Crippen LogP contribution < -0.4 is 5.32 Å². The lowest BCUT2D eigenvalue weighted by molar-refractivity contribution is -0.130. The normalized spacial score (nSPS) is 33.2. The number of ether oxygens (including phenoxy) is 2. The maximum Gasteiger partial charge on any atom is 0.249 e. The van der Waals surface area contributed by atoms with Gasteiger partial charge >= 0.3 is 0 Å². The number of hydrogen-bond acceptors (Lipinski definition) is 3. The lowest BCUT2D eigenvalue weighted by atomic mass is 9.93. The predicted octanol–water partition coefficient (Wildman–Crippen LogP) is 1.34. The third-order valence-electron chi connectivity index (χ3n) is 3.68. The van der Waals surface area contributed by atoms with Crippen molar-refractivity contribution in [3.8, 4) is 0 Å². The molecule has 0 bridgehead atoms. The molecule has 2 aliphatic rings.